The lowest BCUT2D eigenvalue weighted by Crippen LogP contribution is -2.22. The number of alkyl halides is 2. The van der Waals surface area contributed by atoms with Crippen molar-refractivity contribution in [1.29, 1.82) is 0 Å². The van der Waals surface area contributed by atoms with Crippen molar-refractivity contribution >= 4 is 11.6 Å². The summed E-state index contributed by atoms with van der Waals surface area (Å²) in [4.78, 5) is 0. The van der Waals surface area contributed by atoms with Crippen molar-refractivity contribution in [3.05, 3.63) is 28.8 Å². The molecule has 2 N–H and O–H groups in total. The van der Waals surface area contributed by atoms with Crippen molar-refractivity contribution in [1.82, 2.24) is 5.32 Å². The van der Waals surface area contributed by atoms with Gasteiger partial charge in [0.25, 0.3) is 0 Å². The lowest BCUT2D eigenvalue weighted by molar-refractivity contribution is -0.0497. The molecule has 1 unspecified atom stereocenters. The van der Waals surface area contributed by atoms with Crippen LogP contribution in [-0.2, 0) is 6.54 Å². The lowest BCUT2D eigenvalue weighted by atomic mass is 10.2. The number of rotatable bonds is 7. The topological polar surface area (TPSA) is 41.5 Å². The average Bonchev–Trinajstić information content (AvgIpc) is 2.32. The summed E-state index contributed by atoms with van der Waals surface area (Å²) < 4.78 is 28.3. The quantitative estimate of drug-likeness (QED) is 0.806. The summed E-state index contributed by atoms with van der Waals surface area (Å²) in [5.41, 5.74) is 0.867. The van der Waals surface area contributed by atoms with Crippen molar-refractivity contribution in [3.63, 3.8) is 0 Å². The van der Waals surface area contributed by atoms with Crippen LogP contribution in [0.4, 0.5) is 8.78 Å². The Morgan fingerprint density at radius 3 is 2.72 bits per heavy atom. The third-order valence-electron chi connectivity index (χ3n) is 2.35. The highest BCUT2D eigenvalue weighted by Gasteiger charge is 2.09. The Labute approximate surface area is 110 Å². The normalized spacial score (nSPS) is 12.8. The van der Waals surface area contributed by atoms with Crippen molar-refractivity contribution in [3.8, 4) is 5.75 Å². The van der Waals surface area contributed by atoms with Gasteiger partial charge in [-0.25, -0.2) is 0 Å². The second-order valence-electron chi connectivity index (χ2n) is 4.06. The minimum absolute atomic E-state index is 0.0286. The number of benzene rings is 1. The van der Waals surface area contributed by atoms with Crippen LogP contribution >= 0.6 is 11.6 Å². The summed E-state index contributed by atoms with van der Waals surface area (Å²) in [6.45, 7) is 0.383. The molecule has 0 radical (unpaired) electrons. The average molecular weight is 280 g/mol. The Hall–Kier alpha value is -0.910. The predicted molar refractivity (Wildman–Crippen MR) is 66.0 cm³/mol. The molecule has 0 aliphatic heterocycles. The second kappa shape index (κ2) is 7.51. The van der Waals surface area contributed by atoms with E-state index in [1.54, 1.807) is 12.1 Å². The first kappa shape index (κ1) is 15.1. The van der Waals surface area contributed by atoms with Gasteiger partial charge >= 0.3 is 6.61 Å². The highest BCUT2D eigenvalue weighted by Crippen LogP contribution is 2.26. The van der Waals surface area contributed by atoms with Gasteiger partial charge in [0.2, 0.25) is 0 Å². The van der Waals surface area contributed by atoms with Crippen LogP contribution in [0.1, 0.15) is 12.5 Å². The third kappa shape index (κ3) is 5.16. The van der Waals surface area contributed by atoms with E-state index < -0.39 is 6.61 Å². The molecule has 6 heteroatoms. The number of ether oxygens (including phenoxy) is 1. The van der Waals surface area contributed by atoms with E-state index >= 15 is 0 Å². The molecule has 18 heavy (non-hydrogen) atoms. The van der Waals surface area contributed by atoms with Gasteiger partial charge in [-0.15, -0.1) is 0 Å². The maximum Gasteiger partial charge on any atom is 0.387 e. The molecular weight excluding hydrogens is 264 g/mol. The summed E-state index contributed by atoms with van der Waals surface area (Å²) in [7, 11) is 0. The van der Waals surface area contributed by atoms with Gasteiger partial charge < -0.3 is 15.2 Å². The third-order valence-corrected chi connectivity index (χ3v) is 2.64. The molecule has 1 aromatic carbocycles. The molecule has 0 aliphatic rings. The van der Waals surface area contributed by atoms with Gasteiger partial charge in [-0.2, -0.15) is 8.78 Å². The largest absolute Gasteiger partial charge is 0.433 e. The smallest absolute Gasteiger partial charge is 0.387 e. The van der Waals surface area contributed by atoms with E-state index in [-0.39, 0.29) is 23.3 Å². The van der Waals surface area contributed by atoms with E-state index in [1.807, 2.05) is 6.92 Å². The van der Waals surface area contributed by atoms with Gasteiger partial charge in [0.05, 0.1) is 5.02 Å². The molecule has 0 spiro atoms. The van der Waals surface area contributed by atoms with Gasteiger partial charge in [0.1, 0.15) is 5.75 Å². The summed E-state index contributed by atoms with van der Waals surface area (Å²) in [6, 6.07) is 4.66. The maximum absolute atomic E-state index is 12.0. The minimum atomic E-state index is -2.88. The molecule has 0 saturated heterocycles. The van der Waals surface area contributed by atoms with Gasteiger partial charge in [0.15, 0.2) is 0 Å². The molecule has 1 aromatic rings. The molecule has 3 nitrogen and oxygen atoms in total. The van der Waals surface area contributed by atoms with Gasteiger partial charge in [-0.05, 0) is 23.6 Å². The molecule has 0 amide bonds. The SMILES string of the molecule is CC(CO)CNCc1ccc(OC(F)F)c(Cl)c1. The number of hydrogen-bond donors (Lipinski definition) is 2. The molecule has 0 aliphatic carbocycles. The number of hydrogen-bond acceptors (Lipinski definition) is 3. The van der Waals surface area contributed by atoms with E-state index in [4.69, 9.17) is 16.7 Å². The fourth-order valence-corrected chi connectivity index (χ4v) is 1.62. The van der Waals surface area contributed by atoms with Crippen molar-refractivity contribution < 1.29 is 18.6 Å². The van der Waals surface area contributed by atoms with E-state index in [0.29, 0.717) is 13.1 Å². The van der Waals surface area contributed by atoms with E-state index in [9.17, 15) is 8.78 Å². The zero-order chi connectivity index (χ0) is 13.5. The second-order valence-corrected chi connectivity index (χ2v) is 4.47. The number of halogens is 3. The monoisotopic (exact) mass is 279 g/mol. The fourth-order valence-electron chi connectivity index (χ4n) is 1.37. The Bertz CT molecular complexity index is 377. The van der Waals surface area contributed by atoms with Crippen molar-refractivity contribution in [2.24, 2.45) is 5.92 Å². The van der Waals surface area contributed by atoms with Crippen LogP contribution in [0.15, 0.2) is 18.2 Å². The standard InChI is InChI=1S/C12H16ClF2NO2/c1-8(7-17)5-16-6-9-2-3-11(10(13)4-9)18-12(14)15/h2-4,8,12,16-17H,5-7H2,1H3. The van der Waals surface area contributed by atoms with E-state index in [1.165, 1.54) is 6.07 Å². The number of nitrogens with one attached hydrogen (secondary N) is 1. The molecule has 102 valence electrons. The van der Waals surface area contributed by atoms with Gasteiger partial charge in [-0.1, -0.05) is 24.6 Å². The summed E-state index contributed by atoms with van der Waals surface area (Å²) >= 11 is 5.82. The predicted octanol–water partition coefficient (Wildman–Crippen LogP) is 2.66. The van der Waals surface area contributed by atoms with E-state index in [0.717, 1.165) is 5.56 Å². The minimum Gasteiger partial charge on any atom is -0.433 e. The number of aliphatic hydroxyl groups excluding tert-OH is 1. The van der Waals surface area contributed by atoms with E-state index in [2.05, 4.69) is 10.1 Å². The van der Waals surface area contributed by atoms with Crippen LogP contribution in [0.5, 0.6) is 5.75 Å². The Morgan fingerprint density at radius 2 is 2.17 bits per heavy atom. The van der Waals surface area contributed by atoms with Crippen LogP contribution in [0.2, 0.25) is 5.02 Å². The zero-order valence-corrected chi connectivity index (χ0v) is 10.8. The molecule has 1 rings (SSSR count). The highest BCUT2D eigenvalue weighted by atomic mass is 35.5. The van der Waals surface area contributed by atoms with Crippen LogP contribution in [0.3, 0.4) is 0 Å². The summed E-state index contributed by atoms with van der Waals surface area (Å²) in [6.07, 6.45) is 0. The summed E-state index contributed by atoms with van der Waals surface area (Å²) in [5, 5.41) is 12.1. The lowest BCUT2D eigenvalue weighted by Gasteiger charge is -2.11. The fraction of sp³-hybridized carbons (Fsp3) is 0.500. The molecule has 0 fully saturated rings. The molecule has 0 saturated carbocycles. The maximum atomic E-state index is 12.0. The van der Waals surface area contributed by atoms with Gasteiger partial charge in [0, 0.05) is 19.7 Å². The molecule has 0 bridgehead atoms. The van der Waals surface area contributed by atoms with Crippen LogP contribution in [-0.4, -0.2) is 24.9 Å². The molecular formula is C12H16ClF2NO2. The van der Waals surface area contributed by atoms with Crippen molar-refractivity contribution in [2.45, 2.75) is 20.1 Å². The van der Waals surface area contributed by atoms with Crippen molar-refractivity contribution in [2.75, 3.05) is 13.2 Å². The first-order valence-corrected chi connectivity index (χ1v) is 5.95. The van der Waals surface area contributed by atoms with Crippen LogP contribution in [0, 0.1) is 5.92 Å². The first-order chi connectivity index (χ1) is 8.52. The first-order valence-electron chi connectivity index (χ1n) is 5.57. The van der Waals surface area contributed by atoms with Crippen LogP contribution in [0.25, 0.3) is 0 Å². The molecule has 1 atom stereocenters. The summed E-state index contributed by atoms with van der Waals surface area (Å²) in [5.74, 6) is 0.140. The molecule has 0 heterocycles. The van der Waals surface area contributed by atoms with Gasteiger partial charge in [-0.3, -0.25) is 0 Å². The Morgan fingerprint density at radius 1 is 1.44 bits per heavy atom. The van der Waals surface area contributed by atoms with Crippen LogP contribution < -0.4 is 10.1 Å². The zero-order valence-electron chi connectivity index (χ0n) is 10.00. The molecule has 0 aromatic heterocycles. The highest BCUT2D eigenvalue weighted by molar-refractivity contribution is 6.32. The Balaban J connectivity index is 2.51. The Kier molecular flexibility index (Phi) is 6.32. The number of aliphatic hydroxyl groups is 1.